The predicted molar refractivity (Wildman–Crippen MR) is 71.0 cm³/mol. The van der Waals surface area contributed by atoms with Crippen molar-refractivity contribution in [2.75, 3.05) is 33.2 Å². The summed E-state index contributed by atoms with van der Waals surface area (Å²) in [5, 5.41) is 6.37. The van der Waals surface area contributed by atoms with Crippen LogP contribution in [0.5, 0.6) is 0 Å². The molecular weight excluding hydrogens is 214 g/mol. The first-order valence-electron chi connectivity index (χ1n) is 6.65. The number of rotatable bonds is 5. The maximum Gasteiger partial charge on any atom is 0.226 e. The molecule has 0 aliphatic carbocycles. The molecule has 0 atom stereocenters. The van der Waals surface area contributed by atoms with Gasteiger partial charge in [0.25, 0.3) is 0 Å². The first-order valence-corrected chi connectivity index (χ1v) is 6.65. The van der Waals surface area contributed by atoms with Crippen molar-refractivity contribution in [1.29, 1.82) is 0 Å². The van der Waals surface area contributed by atoms with E-state index in [0.717, 1.165) is 39.0 Å². The Morgan fingerprint density at radius 2 is 2.00 bits per heavy atom. The Morgan fingerprint density at radius 3 is 2.53 bits per heavy atom. The number of piperidine rings is 1. The van der Waals surface area contributed by atoms with Crippen LogP contribution in [-0.2, 0) is 4.79 Å². The summed E-state index contributed by atoms with van der Waals surface area (Å²) in [5.74, 6) is 0.219. The quantitative estimate of drug-likeness (QED) is 0.749. The number of hydrogen-bond donors (Lipinski definition) is 2. The van der Waals surface area contributed by atoms with Crippen LogP contribution in [0.2, 0.25) is 0 Å². The number of carbonyl (C=O) groups excluding carboxylic acids is 1. The van der Waals surface area contributed by atoms with Gasteiger partial charge in [0, 0.05) is 24.5 Å². The van der Waals surface area contributed by atoms with Gasteiger partial charge in [-0.2, -0.15) is 0 Å². The van der Waals surface area contributed by atoms with Crippen LogP contribution in [-0.4, -0.2) is 50.1 Å². The van der Waals surface area contributed by atoms with Crippen molar-refractivity contribution in [3.63, 3.8) is 0 Å². The molecule has 0 aromatic rings. The van der Waals surface area contributed by atoms with Gasteiger partial charge in [0.05, 0.1) is 0 Å². The number of nitrogens with zero attached hydrogens (tertiary/aromatic N) is 1. The molecule has 1 fully saturated rings. The lowest BCUT2D eigenvalue weighted by atomic mass is 9.80. The summed E-state index contributed by atoms with van der Waals surface area (Å²) >= 11 is 0. The molecule has 0 aromatic carbocycles. The van der Waals surface area contributed by atoms with Crippen molar-refractivity contribution in [2.24, 2.45) is 5.41 Å². The molecule has 17 heavy (non-hydrogen) atoms. The minimum Gasteiger partial charge on any atom is -0.354 e. The van der Waals surface area contributed by atoms with Crippen LogP contribution < -0.4 is 10.6 Å². The number of nitrogens with one attached hydrogen (secondary N) is 2. The Kier molecular flexibility index (Phi) is 5.40. The van der Waals surface area contributed by atoms with Crippen molar-refractivity contribution in [1.82, 2.24) is 15.5 Å². The molecule has 1 amide bonds. The zero-order chi connectivity index (χ0) is 12.9. The largest absolute Gasteiger partial charge is 0.354 e. The average Bonchev–Trinajstić information content (AvgIpc) is 2.29. The van der Waals surface area contributed by atoms with E-state index < -0.39 is 0 Å². The fraction of sp³-hybridized carbons (Fsp3) is 0.923. The normalized spacial score (nSPS) is 19.6. The van der Waals surface area contributed by atoms with Gasteiger partial charge in [0.2, 0.25) is 5.91 Å². The summed E-state index contributed by atoms with van der Waals surface area (Å²) < 4.78 is 0. The van der Waals surface area contributed by atoms with E-state index in [1.165, 1.54) is 0 Å². The molecule has 2 N–H and O–H groups in total. The Morgan fingerprint density at radius 1 is 1.41 bits per heavy atom. The van der Waals surface area contributed by atoms with Crippen LogP contribution in [0.1, 0.15) is 33.6 Å². The summed E-state index contributed by atoms with van der Waals surface area (Å²) in [6.07, 6.45) is 1.89. The van der Waals surface area contributed by atoms with E-state index in [9.17, 15) is 4.79 Å². The van der Waals surface area contributed by atoms with Gasteiger partial charge in [-0.15, -0.1) is 0 Å². The number of carbonyl (C=O) groups is 1. The summed E-state index contributed by atoms with van der Waals surface area (Å²) in [7, 11) is 2.09. The van der Waals surface area contributed by atoms with Gasteiger partial charge in [0.1, 0.15) is 0 Å². The van der Waals surface area contributed by atoms with Crippen LogP contribution in [0.25, 0.3) is 0 Å². The van der Waals surface area contributed by atoms with Crippen molar-refractivity contribution in [3.8, 4) is 0 Å². The van der Waals surface area contributed by atoms with E-state index in [-0.39, 0.29) is 11.3 Å². The zero-order valence-electron chi connectivity index (χ0n) is 11.7. The lowest BCUT2D eigenvalue weighted by Gasteiger charge is -2.33. The van der Waals surface area contributed by atoms with E-state index in [1.54, 1.807) is 0 Å². The molecule has 0 aromatic heterocycles. The Bertz CT molecular complexity index is 247. The van der Waals surface area contributed by atoms with E-state index in [0.29, 0.717) is 6.04 Å². The SMILES string of the molecule is CC(C)N(C)CCNC(=O)C1(C)CCNCC1. The topological polar surface area (TPSA) is 44.4 Å². The van der Waals surface area contributed by atoms with Gasteiger partial charge >= 0.3 is 0 Å². The molecule has 4 heteroatoms. The zero-order valence-corrected chi connectivity index (χ0v) is 11.7. The summed E-state index contributed by atoms with van der Waals surface area (Å²) in [4.78, 5) is 14.4. The van der Waals surface area contributed by atoms with Crippen LogP contribution in [0.4, 0.5) is 0 Å². The predicted octanol–water partition coefficient (Wildman–Crippen LogP) is 0.833. The number of likely N-dealkylation sites (N-methyl/N-ethyl adjacent to an activating group) is 1. The minimum absolute atomic E-state index is 0.165. The van der Waals surface area contributed by atoms with Gasteiger partial charge < -0.3 is 15.5 Å². The highest BCUT2D eigenvalue weighted by molar-refractivity contribution is 5.82. The van der Waals surface area contributed by atoms with E-state index in [2.05, 4.69) is 43.4 Å². The number of hydrogen-bond acceptors (Lipinski definition) is 3. The number of amides is 1. The third-order valence-electron chi connectivity index (χ3n) is 3.89. The van der Waals surface area contributed by atoms with Gasteiger partial charge in [0.15, 0.2) is 0 Å². The summed E-state index contributed by atoms with van der Waals surface area (Å²) in [5.41, 5.74) is -0.165. The fourth-order valence-electron chi connectivity index (χ4n) is 2.02. The Balaban J connectivity index is 2.29. The maximum absolute atomic E-state index is 12.1. The van der Waals surface area contributed by atoms with Crippen LogP contribution >= 0.6 is 0 Å². The first-order chi connectivity index (χ1) is 7.96. The van der Waals surface area contributed by atoms with E-state index in [1.807, 2.05) is 0 Å². The molecule has 0 unspecified atom stereocenters. The monoisotopic (exact) mass is 241 g/mol. The molecule has 0 spiro atoms. The summed E-state index contributed by atoms with van der Waals surface area (Å²) in [6.45, 7) is 9.97. The second kappa shape index (κ2) is 6.36. The average molecular weight is 241 g/mol. The van der Waals surface area contributed by atoms with Crippen LogP contribution in [0, 0.1) is 5.41 Å². The molecule has 0 bridgehead atoms. The second-order valence-electron chi connectivity index (χ2n) is 5.64. The van der Waals surface area contributed by atoms with Crippen LogP contribution in [0.3, 0.4) is 0 Å². The fourth-order valence-corrected chi connectivity index (χ4v) is 2.02. The highest BCUT2D eigenvalue weighted by atomic mass is 16.2. The molecule has 1 saturated heterocycles. The standard InChI is InChI=1S/C13H27N3O/c1-11(2)16(4)10-9-15-12(17)13(3)5-7-14-8-6-13/h11,14H,5-10H2,1-4H3,(H,15,17). The van der Waals surface area contributed by atoms with Gasteiger partial charge in [-0.05, 0) is 46.8 Å². The van der Waals surface area contributed by atoms with Crippen LogP contribution in [0.15, 0.2) is 0 Å². The first kappa shape index (κ1) is 14.5. The maximum atomic E-state index is 12.1. The molecule has 1 aliphatic heterocycles. The van der Waals surface area contributed by atoms with E-state index in [4.69, 9.17) is 0 Å². The molecule has 0 radical (unpaired) electrons. The van der Waals surface area contributed by atoms with Crippen molar-refractivity contribution in [3.05, 3.63) is 0 Å². The molecule has 1 heterocycles. The smallest absolute Gasteiger partial charge is 0.226 e. The molecule has 1 aliphatic rings. The van der Waals surface area contributed by atoms with E-state index >= 15 is 0 Å². The Labute approximate surface area is 105 Å². The van der Waals surface area contributed by atoms with Gasteiger partial charge in [-0.25, -0.2) is 0 Å². The molecule has 4 nitrogen and oxygen atoms in total. The highest BCUT2D eigenvalue weighted by Crippen LogP contribution is 2.27. The minimum atomic E-state index is -0.165. The van der Waals surface area contributed by atoms with Crippen molar-refractivity contribution in [2.45, 2.75) is 39.7 Å². The lowest BCUT2D eigenvalue weighted by Crippen LogP contribution is -2.47. The molecule has 0 saturated carbocycles. The summed E-state index contributed by atoms with van der Waals surface area (Å²) in [6, 6.07) is 0.529. The lowest BCUT2D eigenvalue weighted by molar-refractivity contribution is -0.131. The third kappa shape index (κ3) is 4.28. The molecule has 100 valence electrons. The van der Waals surface area contributed by atoms with Crippen molar-refractivity contribution >= 4 is 5.91 Å². The van der Waals surface area contributed by atoms with Crippen molar-refractivity contribution < 1.29 is 4.79 Å². The molecular formula is C13H27N3O. The van der Waals surface area contributed by atoms with Gasteiger partial charge in [-0.1, -0.05) is 6.92 Å². The highest BCUT2D eigenvalue weighted by Gasteiger charge is 2.34. The van der Waals surface area contributed by atoms with Gasteiger partial charge in [-0.3, -0.25) is 4.79 Å². The molecule has 1 rings (SSSR count). The Hall–Kier alpha value is -0.610. The third-order valence-corrected chi connectivity index (χ3v) is 3.89. The second-order valence-corrected chi connectivity index (χ2v) is 5.64.